The first-order chi connectivity index (χ1) is 15.9. The smallest absolute Gasteiger partial charge is 0.234 e. The Morgan fingerprint density at radius 3 is 2.67 bits per heavy atom. The molecule has 0 unspecified atom stereocenters. The van der Waals surface area contributed by atoms with Gasteiger partial charge in [0.15, 0.2) is 10.8 Å². The van der Waals surface area contributed by atoms with E-state index in [0.717, 1.165) is 15.9 Å². The molecule has 0 spiro atoms. The fourth-order valence-corrected chi connectivity index (χ4v) is 4.36. The molecule has 1 amide bonds. The van der Waals surface area contributed by atoms with Crippen molar-refractivity contribution >= 4 is 50.3 Å². The van der Waals surface area contributed by atoms with Crippen LogP contribution in [0.1, 0.15) is 5.69 Å². The number of carbonyl (C=O) groups is 1. The molecule has 2 aromatic heterocycles. The molecule has 2 heterocycles. The number of ether oxygens (including phenoxy) is 2. The van der Waals surface area contributed by atoms with Gasteiger partial charge in [-0.05, 0) is 43.3 Å². The number of hydrogen-bond acceptors (Lipinski definition) is 7. The Kier molecular flexibility index (Phi) is 6.70. The van der Waals surface area contributed by atoms with E-state index in [9.17, 15) is 4.79 Å². The predicted octanol–water partition coefficient (Wildman–Crippen LogP) is 4.05. The summed E-state index contributed by atoms with van der Waals surface area (Å²) in [7, 11) is 3.09. The number of nitrogens with zero attached hydrogens (tertiary/aromatic N) is 3. The minimum atomic E-state index is -0.249. The highest BCUT2D eigenvalue weighted by molar-refractivity contribution is 9.10. The number of methoxy groups -OCH3 is 2. The second-order valence-corrected chi connectivity index (χ2v) is 8.86. The van der Waals surface area contributed by atoms with Gasteiger partial charge in [0, 0.05) is 21.9 Å². The van der Waals surface area contributed by atoms with E-state index in [0.29, 0.717) is 33.4 Å². The fourth-order valence-electron chi connectivity index (χ4n) is 3.28. The topological polar surface area (TPSA) is 118 Å². The van der Waals surface area contributed by atoms with Gasteiger partial charge < -0.3 is 14.8 Å². The average molecular weight is 529 g/mol. The van der Waals surface area contributed by atoms with Crippen molar-refractivity contribution in [2.45, 2.75) is 12.1 Å². The Morgan fingerprint density at radius 2 is 1.97 bits per heavy atom. The minimum absolute atomic E-state index is 0.0677. The maximum atomic E-state index is 12.8. The number of H-pyrrole nitrogens is 1. The molecule has 2 aromatic carbocycles. The zero-order valence-corrected chi connectivity index (χ0v) is 20.5. The summed E-state index contributed by atoms with van der Waals surface area (Å²) in [6.45, 7) is 1.85. The van der Waals surface area contributed by atoms with Gasteiger partial charge in [-0.1, -0.05) is 27.7 Å². The minimum Gasteiger partial charge on any atom is -0.497 e. The van der Waals surface area contributed by atoms with Gasteiger partial charge in [0.1, 0.15) is 17.0 Å². The first kappa shape index (κ1) is 22.9. The Bertz CT molecular complexity index is 1380. The molecule has 0 aliphatic carbocycles. The zero-order chi connectivity index (χ0) is 23.5. The van der Waals surface area contributed by atoms with Gasteiger partial charge >= 0.3 is 0 Å². The van der Waals surface area contributed by atoms with Gasteiger partial charge in [-0.3, -0.25) is 19.9 Å². The lowest BCUT2D eigenvalue weighted by Gasteiger charge is -2.14. The van der Waals surface area contributed by atoms with Crippen LogP contribution in [0, 0.1) is 12.3 Å². The average Bonchev–Trinajstić information content (AvgIpc) is 3.19. The van der Waals surface area contributed by atoms with Crippen molar-refractivity contribution < 1.29 is 14.3 Å². The summed E-state index contributed by atoms with van der Waals surface area (Å²) >= 11 is 4.66. The van der Waals surface area contributed by atoms with Crippen molar-refractivity contribution in [2.24, 2.45) is 0 Å². The SMILES string of the molecule is COc1ccc(OC)c(NC(=O)CSc2nc3n[nH]c(C)c3c(=N)n2-c2ccc(Br)cc2)c1. The van der Waals surface area contributed by atoms with Gasteiger partial charge in [-0.25, -0.2) is 4.98 Å². The molecule has 0 aliphatic rings. The van der Waals surface area contributed by atoms with Crippen molar-refractivity contribution in [3.05, 3.63) is 58.1 Å². The second-order valence-electron chi connectivity index (χ2n) is 7.01. The largest absolute Gasteiger partial charge is 0.497 e. The summed E-state index contributed by atoms with van der Waals surface area (Å²) in [4.78, 5) is 17.4. The van der Waals surface area contributed by atoms with Gasteiger partial charge in [0.25, 0.3) is 0 Å². The van der Waals surface area contributed by atoms with Crippen LogP contribution in [0.3, 0.4) is 0 Å². The summed E-state index contributed by atoms with van der Waals surface area (Å²) in [5.74, 6) is 0.949. The molecule has 0 aliphatic heterocycles. The van der Waals surface area contributed by atoms with Crippen LogP contribution in [0.15, 0.2) is 52.1 Å². The number of benzene rings is 2. The molecule has 0 fully saturated rings. The summed E-state index contributed by atoms with van der Waals surface area (Å²) in [5.41, 5.74) is 2.70. The second kappa shape index (κ2) is 9.67. The van der Waals surface area contributed by atoms with E-state index < -0.39 is 0 Å². The van der Waals surface area contributed by atoms with Crippen molar-refractivity contribution in [3.63, 3.8) is 0 Å². The van der Waals surface area contributed by atoms with Crippen molar-refractivity contribution in [1.82, 2.24) is 19.7 Å². The van der Waals surface area contributed by atoms with Gasteiger partial charge in [0.05, 0.1) is 31.0 Å². The molecular formula is C22H21BrN6O3S. The third kappa shape index (κ3) is 4.74. The fraction of sp³-hybridized carbons (Fsp3) is 0.182. The van der Waals surface area contributed by atoms with Crippen LogP contribution in [0.5, 0.6) is 11.5 Å². The molecular weight excluding hydrogens is 508 g/mol. The van der Waals surface area contributed by atoms with Crippen LogP contribution in [0.4, 0.5) is 5.69 Å². The number of amides is 1. The van der Waals surface area contributed by atoms with Crippen molar-refractivity contribution in [2.75, 3.05) is 25.3 Å². The Morgan fingerprint density at radius 1 is 1.21 bits per heavy atom. The summed E-state index contributed by atoms with van der Waals surface area (Å²) in [5, 5.41) is 19.9. The molecule has 0 saturated heterocycles. The molecule has 4 aromatic rings. The lowest BCUT2D eigenvalue weighted by Crippen LogP contribution is -2.23. The summed E-state index contributed by atoms with van der Waals surface area (Å²) < 4.78 is 13.2. The number of nitrogens with one attached hydrogen (secondary N) is 3. The molecule has 4 rings (SSSR count). The van der Waals surface area contributed by atoms with E-state index in [2.05, 4.69) is 36.4 Å². The Labute approximate surface area is 202 Å². The number of rotatable bonds is 7. The number of aromatic nitrogens is 4. The normalized spacial score (nSPS) is 10.9. The number of anilines is 1. The molecule has 33 heavy (non-hydrogen) atoms. The molecule has 0 atom stereocenters. The maximum Gasteiger partial charge on any atom is 0.234 e. The molecule has 170 valence electrons. The van der Waals surface area contributed by atoms with Crippen molar-refractivity contribution in [1.29, 1.82) is 5.41 Å². The number of thioether (sulfide) groups is 1. The van der Waals surface area contributed by atoms with E-state index in [1.807, 2.05) is 31.2 Å². The number of halogens is 1. The standard InChI is InChI=1S/C22H21BrN6O3S/c1-12-19-20(24)29(14-6-4-13(23)5-7-14)22(26-21(19)28-27-12)33-11-18(30)25-16-10-15(31-2)8-9-17(16)32-3/h4-10,24H,11H2,1-3H3,(H,25,30)(H,27,28). The Balaban J connectivity index is 1.65. The molecule has 11 heteroatoms. The van der Waals surface area contributed by atoms with E-state index in [1.165, 1.54) is 18.9 Å². The van der Waals surface area contributed by atoms with E-state index >= 15 is 0 Å². The molecule has 0 bridgehead atoms. The quantitative estimate of drug-likeness (QED) is 0.246. The first-order valence-corrected chi connectivity index (χ1v) is 11.6. The third-order valence-electron chi connectivity index (χ3n) is 4.88. The van der Waals surface area contributed by atoms with Crippen LogP contribution < -0.4 is 20.3 Å². The van der Waals surface area contributed by atoms with Gasteiger partial charge in [-0.2, -0.15) is 5.10 Å². The van der Waals surface area contributed by atoms with E-state index in [4.69, 9.17) is 14.9 Å². The zero-order valence-electron chi connectivity index (χ0n) is 18.1. The van der Waals surface area contributed by atoms with Crippen LogP contribution in [0.2, 0.25) is 0 Å². The number of aromatic amines is 1. The number of aryl methyl sites for hydroxylation is 1. The van der Waals surface area contributed by atoms with E-state index in [1.54, 1.807) is 29.9 Å². The predicted molar refractivity (Wildman–Crippen MR) is 130 cm³/mol. The molecule has 0 radical (unpaired) electrons. The molecule has 0 saturated carbocycles. The van der Waals surface area contributed by atoms with Crippen LogP contribution in [-0.2, 0) is 4.79 Å². The highest BCUT2D eigenvalue weighted by Gasteiger charge is 2.17. The van der Waals surface area contributed by atoms with Gasteiger partial charge in [-0.15, -0.1) is 0 Å². The van der Waals surface area contributed by atoms with Crippen LogP contribution >= 0.6 is 27.7 Å². The maximum absolute atomic E-state index is 12.8. The third-order valence-corrected chi connectivity index (χ3v) is 6.35. The van der Waals surface area contributed by atoms with Crippen LogP contribution in [-0.4, -0.2) is 45.6 Å². The summed E-state index contributed by atoms with van der Waals surface area (Å²) in [6, 6.07) is 12.7. The van der Waals surface area contributed by atoms with Crippen LogP contribution in [0.25, 0.3) is 16.7 Å². The van der Waals surface area contributed by atoms with Gasteiger partial charge in [0.2, 0.25) is 5.91 Å². The summed E-state index contributed by atoms with van der Waals surface area (Å²) in [6.07, 6.45) is 0. The van der Waals surface area contributed by atoms with E-state index in [-0.39, 0.29) is 17.1 Å². The number of hydrogen-bond donors (Lipinski definition) is 3. The highest BCUT2D eigenvalue weighted by atomic mass is 79.9. The highest BCUT2D eigenvalue weighted by Crippen LogP contribution is 2.29. The van der Waals surface area contributed by atoms with Crippen molar-refractivity contribution in [3.8, 4) is 17.2 Å². The molecule has 3 N–H and O–H groups in total. The first-order valence-electron chi connectivity index (χ1n) is 9.84. The number of fused-ring (bicyclic) bond motifs is 1. The lowest BCUT2D eigenvalue weighted by molar-refractivity contribution is -0.113. The Hall–Kier alpha value is -3.31. The number of carbonyl (C=O) groups excluding carboxylic acids is 1. The monoisotopic (exact) mass is 528 g/mol. The lowest BCUT2D eigenvalue weighted by atomic mass is 10.2. The molecule has 9 nitrogen and oxygen atoms in total.